The number of oxazole rings is 1. The first-order valence-corrected chi connectivity index (χ1v) is 8.90. The van der Waals surface area contributed by atoms with Gasteiger partial charge in [-0.3, -0.25) is 9.59 Å². The number of hydrogen-bond acceptors (Lipinski definition) is 4. The van der Waals surface area contributed by atoms with Gasteiger partial charge in [-0.05, 0) is 49.6 Å². The average Bonchev–Trinajstić information content (AvgIpc) is 3.11. The summed E-state index contributed by atoms with van der Waals surface area (Å²) in [6.07, 6.45) is 1.65. The maximum atomic E-state index is 13.6. The number of hydrogen-bond donors (Lipinski definition) is 2. The zero-order chi connectivity index (χ0) is 21.0. The molecular formula is C21H19F2N3O3. The summed E-state index contributed by atoms with van der Waals surface area (Å²) in [6, 6.07) is 8.31. The van der Waals surface area contributed by atoms with Gasteiger partial charge in [-0.25, -0.2) is 13.8 Å². The molecule has 0 saturated heterocycles. The number of carbonyl (C=O) groups excluding carboxylic acids is 2. The van der Waals surface area contributed by atoms with E-state index in [2.05, 4.69) is 15.6 Å². The molecule has 2 aromatic carbocycles. The lowest BCUT2D eigenvalue weighted by molar-refractivity contribution is -0.136. The Bertz CT molecular complexity index is 1060. The number of anilines is 1. The number of aryl methyl sites for hydroxylation is 2. The molecule has 6 nitrogen and oxygen atoms in total. The molecule has 0 saturated carbocycles. The lowest BCUT2D eigenvalue weighted by Gasteiger charge is -2.09. The van der Waals surface area contributed by atoms with Gasteiger partial charge in [0.25, 0.3) is 0 Å². The Labute approximate surface area is 166 Å². The highest BCUT2D eigenvalue weighted by Gasteiger charge is 2.15. The predicted octanol–water partition coefficient (Wildman–Crippen LogP) is 3.53. The van der Waals surface area contributed by atoms with Crippen molar-refractivity contribution in [2.45, 2.75) is 20.3 Å². The van der Waals surface area contributed by atoms with Crippen LogP contribution in [0.2, 0.25) is 0 Å². The summed E-state index contributed by atoms with van der Waals surface area (Å²) in [5.41, 5.74) is 2.98. The van der Waals surface area contributed by atoms with E-state index in [1.54, 1.807) is 25.1 Å². The molecule has 8 heteroatoms. The molecule has 2 N–H and O–H groups in total. The summed E-state index contributed by atoms with van der Waals surface area (Å²) in [5.74, 6) is -2.67. The molecule has 3 aromatic rings. The van der Waals surface area contributed by atoms with E-state index in [1.165, 1.54) is 12.3 Å². The maximum absolute atomic E-state index is 13.6. The van der Waals surface area contributed by atoms with Gasteiger partial charge in [0.05, 0.1) is 5.69 Å². The van der Waals surface area contributed by atoms with Crippen molar-refractivity contribution in [1.29, 1.82) is 0 Å². The quantitative estimate of drug-likeness (QED) is 0.643. The predicted molar refractivity (Wildman–Crippen MR) is 103 cm³/mol. The van der Waals surface area contributed by atoms with Crippen molar-refractivity contribution < 1.29 is 22.8 Å². The van der Waals surface area contributed by atoms with Crippen molar-refractivity contribution in [2.75, 3.05) is 11.9 Å². The third-order valence-electron chi connectivity index (χ3n) is 4.25. The smallest absolute Gasteiger partial charge is 0.313 e. The molecule has 150 valence electrons. The van der Waals surface area contributed by atoms with Crippen LogP contribution in [0.5, 0.6) is 0 Å². The number of benzene rings is 2. The number of rotatable bonds is 5. The van der Waals surface area contributed by atoms with Crippen LogP contribution in [-0.2, 0) is 16.0 Å². The van der Waals surface area contributed by atoms with Crippen LogP contribution in [0.25, 0.3) is 11.5 Å². The topological polar surface area (TPSA) is 84.2 Å². The molecule has 1 aromatic heterocycles. The van der Waals surface area contributed by atoms with E-state index >= 15 is 0 Å². The minimum Gasteiger partial charge on any atom is -0.444 e. The van der Waals surface area contributed by atoms with Gasteiger partial charge in [0.1, 0.15) is 17.9 Å². The average molecular weight is 399 g/mol. The first kappa shape index (κ1) is 20.2. The molecule has 29 heavy (non-hydrogen) atoms. The fourth-order valence-corrected chi connectivity index (χ4v) is 2.71. The molecule has 0 aliphatic carbocycles. The van der Waals surface area contributed by atoms with Crippen molar-refractivity contribution >= 4 is 17.5 Å². The zero-order valence-electron chi connectivity index (χ0n) is 15.9. The van der Waals surface area contributed by atoms with Gasteiger partial charge in [0.2, 0.25) is 5.89 Å². The van der Waals surface area contributed by atoms with E-state index in [0.29, 0.717) is 17.1 Å². The van der Waals surface area contributed by atoms with Gasteiger partial charge in [-0.2, -0.15) is 0 Å². The summed E-state index contributed by atoms with van der Waals surface area (Å²) in [5, 5.41) is 4.92. The lowest BCUT2D eigenvalue weighted by Crippen LogP contribution is -2.36. The standard InChI is InChI=1S/C21H19F2N3O3/c1-12-3-6-16(10-17(12)21-25-13(2)11-29-21)26-20(28)19(27)24-8-7-14-4-5-15(22)9-18(14)23/h3-6,9-11H,7-8H2,1-2H3,(H,24,27)(H,26,28). The van der Waals surface area contributed by atoms with E-state index in [1.807, 2.05) is 6.92 Å². The molecule has 0 spiro atoms. The van der Waals surface area contributed by atoms with E-state index < -0.39 is 23.4 Å². The summed E-state index contributed by atoms with van der Waals surface area (Å²) in [4.78, 5) is 28.4. The number of halogens is 2. The van der Waals surface area contributed by atoms with Crippen LogP contribution in [0, 0.1) is 25.5 Å². The van der Waals surface area contributed by atoms with Crippen molar-refractivity contribution in [1.82, 2.24) is 10.3 Å². The van der Waals surface area contributed by atoms with Gasteiger partial charge in [0, 0.05) is 23.9 Å². The molecule has 0 unspecified atom stereocenters. The Morgan fingerprint density at radius 1 is 1.07 bits per heavy atom. The largest absolute Gasteiger partial charge is 0.444 e. The molecule has 2 amide bonds. The number of aromatic nitrogens is 1. The molecular weight excluding hydrogens is 380 g/mol. The number of carbonyl (C=O) groups is 2. The van der Waals surface area contributed by atoms with Crippen molar-refractivity contribution in [2.24, 2.45) is 0 Å². The van der Waals surface area contributed by atoms with E-state index in [0.717, 1.165) is 23.4 Å². The molecule has 0 fully saturated rings. The first-order chi connectivity index (χ1) is 13.8. The molecule has 0 bridgehead atoms. The third-order valence-corrected chi connectivity index (χ3v) is 4.25. The lowest BCUT2D eigenvalue weighted by atomic mass is 10.1. The second-order valence-corrected chi connectivity index (χ2v) is 6.52. The molecule has 3 rings (SSSR count). The minimum absolute atomic E-state index is 0.0313. The SMILES string of the molecule is Cc1coc(-c2cc(NC(=O)C(=O)NCCc3ccc(F)cc3F)ccc2C)n1. The maximum Gasteiger partial charge on any atom is 0.313 e. The summed E-state index contributed by atoms with van der Waals surface area (Å²) in [6.45, 7) is 3.71. The zero-order valence-corrected chi connectivity index (χ0v) is 15.9. The van der Waals surface area contributed by atoms with Crippen molar-refractivity contribution in [3.8, 4) is 11.5 Å². The molecule has 0 atom stereocenters. The van der Waals surface area contributed by atoms with Crippen LogP contribution in [0.15, 0.2) is 47.1 Å². The highest BCUT2D eigenvalue weighted by Crippen LogP contribution is 2.26. The Morgan fingerprint density at radius 2 is 1.86 bits per heavy atom. The van der Waals surface area contributed by atoms with Crippen LogP contribution < -0.4 is 10.6 Å². The first-order valence-electron chi connectivity index (χ1n) is 8.90. The normalized spacial score (nSPS) is 10.6. The van der Waals surface area contributed by atoms with Crippen molar-refractivity contribution in [3.63, 3.8) is 0 Å². The Kier molecular flexibility index (Phi) is 6.01. The summed E-state index contributed by atoms with van der Waals surface area (Å²) < 4.78 is 31.9. The van der Waals surface area contributed by atoms with Gasteiger partial charge >= 0.3 is 11.8 Å². The number of nitrogens with zero attached hydrogens (tertiary/aromatic N) is 1. The van der Waals surface area contributed by atoms with E-state index in [-0.39, 0.29) is 18.5 Å². The van der Waals surface area contributed by atoms with Crippen LogP contribution in [-0.4, -0.2) is 23.3 Å². The van der Waals surface area contributed by atoms with Crippen molar-refractivity contribution in [3.05, 3.63) is 71.1 Å². The van der Waals surface area contributed by atoms with Crippen LogP contribution in [0.3, 0.4) is 0 Å². The number of nitrogens with one attached hydrogen (secondary N) is 2. The molecule has 1 heterocycles. The van der Waals surface area contributed by atoms with E-state index in [4.69, 9.17) is 4.42 Å². The van der Waals surface area contributed by atoms with Crippen LogP contribution in [0.1, 0.15) is 16.8 Å². The van der Waals surface area contributed by atoms with E-state index in [9.17, 15) is 18.4 Å². The Hall–Kier alpha value is -3.55. The van der Waals surface area contributed by atoms with Crippen LogP contribution in [0.4, 0.5) is 14.5 Å². The fraction of sp³-hybridized carbons (Fsp3) is 0.190. The number of amides is 2. The highest BCUT2D eigenvalue weighted by molar-refractivity contribution is 6.39. The third kappa shape index (κ3) is 5.04. The highest BCUT2D eigenvalue weighted by atomic mass is 19.1. The van der Waals surface area contributed by atoms with Gasteiger partial charge in [0.15, 0.2) is 0 Å². The van der Waals surface area contributed by atoms with Gasteiger partial charge < -0.3 is 15.1 Å². The molecule has 0 aliphatic rings. The van der Waals surface area contributed by atoms with Gasteiger partial charge in [-0.15, -0.1) is 0 Å². The van der Waals surface area contributed by atoms with Gasteiger partial charge in [-0.1, -0.05) is 12.1 Å². The summed E-state index contributed by atoms with van der Waals surface area (Å²) in [7, 11) is 0. The second kappa shape index (κ2) is 8.64. The summed E-state index contributed by atoms with van der Waals surface area (Å²) >= 11 is 0. The Balaban J connectivity index is 1.59. The van der Waals surface area contributed by atoms with Crippen LogP contribution >= 0.6 is 0 Å². The fourth-order valence-electron chi connectivity index (χ4n) is 2.71. The monoisotopic (exact) mass is 399 g/mol. The minimum atomic E-state index is -0.860. The Morgan fingerprint density at radius 3 is 2.55 bits per heavy atom. The second-order valence-electron chi connectivity index (χ2n) is 6.52. The molecule has 0 aliphatic heterocycles. The molecule has 0 radical (unpaired) electrons.